The van der Waals surface area contributed by atoms with Gasteiger partial charge >= 0.3 is 6.03 Å². The molecular weight excluding hydrogens is 430 g/mol. The molecule has 3 amide bonds. The van der Waals surface area contributed by atoms with Crippen molar-refractivity contribution in [2.24, 2.45) is 0 Å². The van der Waals surface area contributed by atoms with Gasteiger partial charge in [-0.1, -0.05) is 11.8 Å². The van der Waals surface area contributed by atoms with Crippen molar-refractivity contribution < 1.29 is 22.7 Å². The molecule has 1 aliphatic heterocycles. The number of methoxy groups -OCH3 is 1. The highest BCUT2D eigenvalue weighted by molar-refractivity contribution is 7.92. The third-order valence-corrected chi connectivity index (χ3v) is 5.79. The molecule has 1 saturated heterocycles. The molecule has 0 atom stereocenters. The van der Waals surface area contributed by atoms with E-state index in [-0.39, 0.29) is 12.3 Å². The van der Waals surface area contributed by atoms with Gasteiger partial charge in [0.1, 0.15) is 5.75 Å². The summed E-state index contributed by atoms with van der Waals surface area (Å²) in [4.78, 5) is 25.9. The van der Waals surface area contributed by atoms with Crippen LogP contribution in [0.15, 0.2) is 36.4 Å². The molecule has 9 heteroatoms. The van der Waals surface area contributed by atoms with E-state index in [9.17, 15) is 18.0 Å². The molecule has 1 heterocycles. The van der Waals surface area contributed by atoms with Gasteiger partial charge in [-0.05, 0) is 55.2 Å². The van der Waals surface area contributed by atoms with Gasteiger partial charge in [-0.2, -0.15) is 0 Å². The van der Waals surface area contributed by atoms with E-state index >= 15 is 0 Å². The molecule has 0 radical (unpaired) electrons. The lowest BCUT2D eigenvalue weighted by atomic mass is 10.0. The number of hydrogen-bond acceptors (Lipinski definition) is 5. The summed E-state index contributed by atoms with van der Waals surface area (Å²) in [5.74, 6) is 6.85. The zero-order chi connectivity index (χ0) is 22.9. The number of nitrogens with zero attached hydrogens (tertiary/aromatic N) is 1. The Hall–Kier alpha value is -3.51. The maximum atomic E-state index is 12.4. The first kappa shape index (κ1) is 21.7. The highest BCUT2D eigenvalue weighted by atomic mass is 32.2. The molecule has 0 spiro atoms. The van der Waals surface area contributed by atoms with Gasteiger partial charge in [0.25, 0.3) is 0 Å². The fraction of sp³-hybridized carbons (Fsp3) is 0.304. The third kappa shape index (κ3) is 4.86. The van der Waals surface area contributed by atoms with Crippen molar-refractivity contribution in [3.05, 3.63) is 53.1 Å². The fourth-order valence-corrected chi connectivity index (χ4v) is 4.16. The zero-order valence-corrected chi connectivity index (χ0v) is 18.6. The first-order chi connectivity index (χ1) is 15.2. The lowest BCUT2D eigenvalue weighted by Gasteiger charge is -2.27. The molecule has 2 aromatic rings. The molecule has 2 aromatic carbocycles. The van der Waals surface area contributed by atoms with Gasteiger partial charge in [0.15, 0.2) is 0 Å². The highest BCUT2D eigenvalue weighted by Crippen LogP contribution is 2.47. The lowest BCUT2D eigenvalue weighted by Crippen LogP contribution is -2.50. The predicted molar refractivity (Wildman–Crippen MR) is 121 cm³/mol. The second-order valence-corrected chi connectivity index (χ2v) is 9.55. The Morgan fingerprint density at radius 2 is 1.84 bits per heavy atom. The third-order valence-electron chi connectivity index (χ3n) is 5.18. The van der Waals surface area contributed by atoms with E-state index in [0.717, 1.165) is 29.6 Å². The smallest absolute Gasteiger partial charge is 0.328 e. The van der Waals surface area contributed by atoms with E-state index in [0.29, 0.717) is 40.7 Å². The first-order valence-corrected chi connectivity index (χ1v) is 12.1. The summed E-state index contributed by atoms with van der Waals surface area (Å²) in [6.07, 6.45) is 3.36. The average molecular weight is 454 g/mol. The average Bonchev–Trinajstić information content (AvgIpc) is 3.57. The summed E-state index contributed by atoms with van der Waals surface area (Å²) in [6.45, 7) is 0.330. The molecule has 1 saturated carbocycles. The number of urea groups is 1. The maximum absolute atomic E-state index is 12.4. The number of ether oxygens (including phenoxy) is 1. The summed E-state index contributed by atoms with van der Waals surface area (Å²) in [5, 5.41) is 2.70. The Morgan fingerprint density at radius 3 is 2.44 bits per heavy atom. The Labute approximate surface area is 187 Å². The lowest BCUT2D eigenvalue weighted by molar-refractivity contribution is -0.118. The normalized spacial score (nSPS) is 16.1. The molecule has 2 N–H and O–H groups in total. The van der Waals surface area contributed by atoms with Gasteiger partial charge in [0.05, 0.1) is 24.6 Å². The van der Waals surface area contributed by atoms with Crippen LogP contribution in [-0.2, 0) is 14.8 Å². The predicted octanol–water partition coefficient (Wildman–Crippen LogP) is 2.79. The minimum absolute atomic E-state index is 0.241. The quantitative estimate of drug-likeness (QED) is 0.678. The molecule has 0 aromatic heterocycles. The van der Waals surface area contributed by atoms with Crippen molar-refractivity contribution in [3.63, 3.8) is 0 Å². The zero-order valence-electron chi connectivity index (χ0n) is 17.8. The molecule has 166 valence electrons. The number of rotatable bonds is 5. The van der Waals surface area contributed by atoms with Crippen LogP contribution in [0.5, 0.6) is 5.75 Å². The Kier molecular flexibility index (Phi) is 5.80. The van der Waals surface area contributed by atoms with Crippen LogP contribution in [0, 0.1) is 11.8 Å². The molecule has 4 rings (SSSR count). The van der Waals surface area contributed by atoms with Crippen molar-refractivity contribution in [2.75, 3.05) is 29.5 Å². The summed E-state index contributed by atoms with van der Waals surface area (Å²) < 4.78 is 30.8. The van der Waals surface area contributed by atoms with E-state index in [4.69, 9.17) is 4.74 Å². The van der Waals surface area contributed by atoms with Crippen LogP contribution in [-0.4, -0.2) is 40.3 Å². The van der Waals surface area contributed by atoms with Crippen molar-refractivity contribution in [1.82, 2.24) is 5.32 Å². The Balaban J connectivity index is 1.71. The largest absolute Gasteiger partial charge is 0.495 e. The number of benzene rings is 2. The van der Waals surface area contributed by atoms with Gasteiger partial charge < -0.3 is 10.1 Å². The summed E-state index contributed by atoms with van der Waals surface area (Å²) in [6, 6.07) is 9.77. The van der Waals surface area contributed by atoms with Gasteiger partial charge in [0, 0.05) is 29.8 Å². The van der Waals surface area contributed by atoms with Gasteiger partial charge in [-0.25, -0.2) is 18.1 Å². The van der Waals surface area contributed by atoms with Crippen LogP contribution < -0.4 is 19.7 Å². The number of hydrogen-bond donors (Lipinski definition) is 2. The summed E-state index contributed by atoms with van der Waals surface area (Å²) >= 11 is 0. The highest BCUT2D eigenvalue weighted by Gasteiger charge is 2.32. The molecule has 1 aliphatic carbocycles. The molecule has 2 fully saturated rings. The summed E-state index contributed by atoms with van der Waals surface area (Å²) in [7, 11) is -1.77. The van der Waals surface area contributed by atoms with E-state index < -0.39 is 16.1 Å². The topological polar surface area (TPSA) is 105 Å². The number of imide groups is 1. The van der Waals surface area contributed by atoms with Crippen LogP contribution in [0.2, 0.25) is 0 Å². The van der Waals surface area contributed by atoms with Crippen LogP contribution in [0.25, 0.3) is 0 Å². The Bertz CT molecular complexity index is 1220. The number of amides is 3. The van der Waals surface area contributed by atoms with Crippen molar-refractivity contribution in [1.29, 1.82) is 0 Å². The summed E-state index contributed by atoms with van der Waals surface area (Å²) in [5.41, 5.74) is 3.12. The SMILES string of the molecule is COc1c(C#Cc2ccc(NS(C)(=O)=O)cc2)cc(N2C(=O)CCNC2=O)cc1C1CC1. The number of anilines is 2. The minimum Gasteiger partial charge on any atom is -0.495 e. The fourth-order valence-electron chi connectivity index (χ4n) is 3.60. The van der Waals surface area contributed by atoms with Crippen molar-refractivity contribution in [3.8, 4) is 17.6 Å². The Morgan fingerprint density at radius 1 is 1.12 bits per heavy atom. The molecular formula is C23H23N3O5S. The number of nitrogens with one attached hydrogen (secondary N) is 2. The molecule has 0 unspecified atom stereocenters. The van der Waals surface area contributed by atoms with E-state index in [1.807, 2.05) is 6.07 Å². The minimum atomic E-state index is -3.35. The monoisotopic (exact) mass is 453 g/mol. The van der Waals surface area contributed by atoms with Crippen LogP contribution in [0.1, 0.15) is 41.9 Å². The van der Waals surface area contributed by atoms with Crippen LogP contribution >= 0.6 is 0 Å². The first-order valence-electron chi connectivity index (χ1n) is 10.2. The number of carbonyl (C=O) groups is 2. The van der Waals surface area contributed by atoms with E-state index in [1.54, 1.807) is 37.4 Å². The molecule has 0 bridgehead atoms. The van der Waals surface area contributed by atoms with Crippen molar-refractivity contribution in [2.45, 2.75) is 25.2 Å². The second kappa shape index (κ2) is 8.55. The second-order valence-electron chi connectivity index (χ2n) is 7.80. The molecule has 8 nitrogen and oxygen atoms in total. The van der Waals surface area contributed by atoms with Gasteiger partial charge in [-0.3, -0.25) is 9.52 Å². The molecule has 2 aliphatic rings. The van der Waals surface area contributed by atoms with Crippen LogP contribution in [0.4, 0.5) is 16.2 Å². The maximum Gasteiger partial charge on any atom is 0.328 e. The van der Waals surface area contributed by atoms with Gasteiger partial charge in [0.2, 0.25) is 15.9 Å². The van der Waals surface area contributed by atoms with Crippen molar-refractivity contribution >= 4 is 33.3 Å². The van der Waals surface area contributed by atoms with Crippen LogP contribution in [0.3, 0.4) is 0 Å². The van der Waals surface area contributed by atoms with Gasteiger partial charge in [-0.15, -0.1) is 0 Å². The number of sulfonamides is 1. The van der Waals surface area contributed by atoms with E-state index in [2.05, 4.69) is 21.9 Å². The van der Waals surface area contributed by atoms with E-state index in [1.165, 1.54) is 0 Å². The standard InChI is InChI=1S/C23H23N3O5S/c1-31-22-17(6-3-15-4-9-18(10-5-15)25-32(2,29)30)13-19(14-20(22)16-7-8-16)26-21(27)11-12-24-23(26)28/h4-5,9-10,13-14,16,25H,7-8,11-12H2,1-2H3,(H,24,28). The number of carbonyl (C=O) groups excluding carboxylic acids is 2. The molecule has 32 heavy (non-hydrogen) atoms.